The molecule has 0 saturated heterocycles. The van der Waals surface area contributed by atoms with E-state index in [1.165, 1.54) is 0 Å². The lowest BCUT2D eigenvalue weighted by molar-refractivity contribution is 0.384. The Bertz CT molecular complexity index is 1020. The van der Waals surface area contributed by atoms with Crippen molar-refractivity contribution in [1.29, 1.82) is 5.53 Å². The number of nitrogens with zero attached hydrogens (tertiary/aromatic N) is 7. The molecule has 3 aromatic heterocycles. The monoisotopic (exact) mass is 348 g/mol. The van der Waals surface area contributed by atoms with Crippen LogP contribution in [0.4, 0.5) is 11.6 Å². The van der Waals surface area contributed by atoms with Crippen molar-refractivity contribution in [2.75, 3.05) is 12.4 Å². The van der Waals surface area contributed by atoms with E-state index in [-0.39, 0.29) is 5.82 Å². The first-order valence-electron chi connectivity index (χ1n) is 7.88. The van der Waals surface area contributed by atoms with E-state index in [4.69, 9.17) is 5.53 Å². The molecule has 0 aliphatic carbocycles. The maximum Gasteiger partial charge on any atom is 0.216 e. The fourth-order valence-electron chi connectivity index (χ4n) is 2.53. The van der Waals surface area contributed by atoms with E-state index in [1.54, 1.807) is 23.1 Å². The van der Waals surface area contributed by atoms with Crippen molar-refractivity contribution >= 4 is 22.9 Å². The summed E-state index contributed by atoms with van der Waals surface area (Å²) in [6.45, 7) is 0.422. The number of nitrogens with one attached hydrogen (secondary N) is 3. The maximum absolute atomic E-state index is 7.31. The first kappa shape index (κ1) is 15.7. The highest BCUT2D eigenvalue weighted by Gasteiger charge is 2.11. The number of fused-ring (bicyclic) bond motifs is 1. The van der Waals surface area contributed by atoms with Gasteiger partial charge < -0.3 is 10.7 Å². The van der Waals surface area contributed by atoms with E-state index in [0.717, 1.165) is 16.9 Å². The number of imidazole rings is 1. The van der Waals surface area contributed by atoms with E-state index in [9.17, 15) is 0 Å². The zero-order chi connectivity index (χ0) is 17.9. The van der Waals surface area contributed by atoms with Crippen LogP contribution in [0.1, 0.15) is 11.4 Å². The van der Waals surface area contributed by atoms with Gasteiger partial charge in [0.15, 0.2) is 11.5 Å². The molecule has 26 heavy (non-hydrogen) atoms. The Morgan fingerprint density at radius 1 is 1.31 bits per heavy atom. The summed E-state index contributed by atoms with van der Waals surface area (Å²) in [6, 6.07) is 3.78. The van der Waals surface area contributed by atoms with Crippen molar-refractivity contribution in [3.8, 4) is 0 Å². The first-order valence-corrected chi connectivity index (χ1v) is 7.88. The Labute approximate surface area is 148 Å². The second kappa shape index (κ2) is 6.59. The molecule has 4 rings (SSSR count). The maximum atomic E-state index is 7.31. The molecule has 3 N–H and O–H groups in total. The Balaban J connectivity index is 1.59. The van der Waals surface area contributed by atoms with Gasteiger partial charge in [0.05, 0.1) is 24.1 Å². The normalized spacial score (nSPS) is 13.4. The minimum Gasteiger partial charge on any atom is -0.361 e. The zero-order valence-corrected chi connectivity index (χ0v) is 14.0. The number of allylic oxidation sites excluding steroid dienone is 2. The Hall–Kier alpha value is -3.82. The molecular formula is C16H16N10. The molecule has 1 aliphatic heterocycles. The van der Waals surface area contributed by atoms with Crippen molar-refractivity contribution in [2.45, 2.75) is 6.54 Å². The minimum absolute atomic E-state index is 0.226. The molecule has 0 radical (unpaired) electrons. The average molecular weight is 348 g/mol. The molecule has 4 heterocycles. The van der Waals surface area contributed by atoms with Crippen LogP contribution in [0.5, 0.6) is 0 Å². The molecule has 10 nitrogen and oxygen atoms in total. The smallest absolute Gasteiger partial charge is 0.216 e. The van der Waals surface area contributed by atoms with Gasteiger partial charge >= 0.3 is 0 Å². The van der Waals surface area contributed by atoms with Crippen LogP contribution in [0, 0.1) is 5.53 Å². The van der Waals surface area contributed by atoms with Crippen molar-refractivity contribution in [3.63, 3.8) is 0 Å². The lowest BCUT2D eigenvalue weighted by Crippen LogP contribution is -2.26. The molecule has 0 fully saturated rings. The minimum atomic E-state index is 0.226. The number of hydrogen-bond donors (Lipinski definition) is 3. The van der Waals surface area contributed by atoms with Gasteiger partial charge in [0, 0.05) is 37.4 Å². The van der Waals surface area contributed by atoms with E-state index in [2.05, 4.69) is 35.9 Å². The largest absolute Gasteiger partial charge is 0.361 e. The van der Waals surface area contributed by atoms with Crippen molar-refractivity contribution < 1.29 is 0 Å². The van der Waals surface area contributed by atoms with Crippen LogP contribution >= 0.6 is 0 Å². The van der Waals surface area contributed by atoms with Crippen molar-refractivity contribution in [3.05, 3.63) is 60.6 Å². The van der Waals surface area contributed by atoms with Gasteiger partial charge in [-0.1, -0.05) is 0 Å². The summed E-state index contributed by atoms with van der Waals surface area (Å²) in [5, 5.41) is 12.9. The number of anilines is 1. The fraction of sp³-hybridized carbons (Fsp3) is 0.125. The lowest BCUT2D eigenvalue weighted by atomic mass is 10.2. The molecule has 10 heteroatoms. The van der Waals surface area contributed by atoms with Crippen molar-refractivity contribution in [1.82, 2.24) is 35.0 Å². The summed E-state index contributed by atoms with van der Waals surface area (Å²) < 4.78 is 1.70. The van der Waals surface area contributed by atoms with Gasteiger partial charge in [-0.05, 0) is 18.2 Å². The molecule has 0 unspecified atom stereocenters. The third kappa shape index (κ3) is 3.07. The quantitative estimate of drug-likeness (QED) is 0.604. The Morgan fingerprint density at radius 3 is 3.08 bits per heavy atom. The highest BCUT2D eigenvalue weighted by atomic mass is 15.5. The van der Waals surface area contributed by atoms with Gasteiger partial charge in [0.1, 0.15) is 0 Å². The first-order chi connectivity index (χ1) is 12.7. The molecule has 0 amide bonds. The van der Waals surface area contributed by atoms with Crippen LogP contribution in [0.3, 0.4) is 0 Å². The van der Waals surface area contributed by atoms with Crippen LogP contribution in [-0.2, 0) is 6.54 Å². The average Bonchev–Trinajstić information content (AvgIpc) is 3.14. The highest BCUT2D eigenvalue weighted by Crippen LogP contribution is 2.24. The molecule has 0 spiro atoms. The molecule has 130 valence electrons. The standard InChI is InChI=1S/C16H16N10/c1-25-10-11(4-5-21-25)13-9-20-16(23-17)15(22-13)19-8-12-2-3-14-18-6-7-26(14)24-12/h2-7,9-10,17,21H,8H2,1H3,(H,19,22). The summed E-state index contributed by atoms with van der Waals surface area (Å²) in [7, 11) is 1.89. The molecule has 3 aromatic rings. The number of hydrazine groups is 1. The van der Waals surface area contributed by atoms with Crippen molar-refractivity contribution in [2.24, 2.45) is 5.11 Å². The van der Waals surface area contributed by atoms with Crippen LogP contribution in [0.25, 0.3) is 11.2 Å². The van der Waals surface area contributed by atoms with Gasteiger partial charge in [-0.25, -0.2) is 25.0 Å². The van der Waals surface area contributed by atoms with Gasteiger partial charge in [-0.15, -0.1) is 5.11 Å². The van der Waals surface area contributed by atoms with Gasteiger partial charge in [0.25, 0.3) is 0 Å². The number of aromatic nitrogens is 5. The van der Waals surface area contributed by atoms with E-state index < -0.39 is 0 Å². The predicted octanol–water partition coefficient (Wildman–Crippen LogP) is 2.10. The molecular weight excluding hydrogens is 332 g/mol. The van der Waals surface area contributed by atoms with Gasteiger partial charge in [0.2, 0.25) is 5.82 Å². The van der Waals surface area contributed by atoms with Gasteiger partial charge in [-0.2, -0.15) is 5.10 Å². The van der Waals surface area contributed by atoms with Crippen LogP contribution in [0.2, 0.25) is 0 Å². The zero-order valence-electron chi connectivity index (χ0n) is 14.0. The number of rotatable bonds is 5. The summed E-state index contributed by atoms with van der Waals surface area (Å²) in [4.78, 5) is 13.0. The Morgan fingerprint density at radius 2 is 2.23 bits per heavy atom. The SMILES string of the molecule is CN1C=C(c2cnc(N=N)c(NCc3ccc4nccn4n3)n2)C=CN1. The topological polar surface area (TPSA) is 119 Å². The third-order valence-corrected chi connectivity index (χ3v) is 3.78. The second-order valence-electron chi connectivity index (χ2n) is 5.61. The van der Waals surface area contributed by atoms with Crippen LogP contribution < -0.4 is 10.7 Å². The molecule has 0 atom stereocenters. The van der Waals surface area contributed by atoms with E-state index in [0.29, 0.717) is 18.1 Å². The van der Waals surface area contributed by atoms with Crippen LogP contribution in [0.15, 0.2) is 54.3 Å². The highest BCUT2D eigenvalue weighted by molar-refractivity contribution is 5.73. The Kier molecular flexibility index (Phi) is 3.98. The predicted molar refractivity (Wildman–Crippen MR) is 95.2 cm³/mol. The third-order valence-electron chi connectivity index (χ3n) is 3.78. The summed E-state index contributed by atoms with van der Waals surface area (Å²) >= 11 is 0. The summed E-state index contributed by atoms with van der Waals surface area (Å²) in [6.07, 6.45) is 10.7. The molecule has 0 aromatic carbocycles. The molecule has 1 aliphatic rings. The fourth-order valence-corrected chi connectivity index (χ4v) is 2.53. The van der Waals surface area contributed by atoms with Crippen LogP contribution in [-0.4, -0.2) is 36.6 Å². The van der Waals surface area contributed by atoms with Gasteiger partial charge in [-0.3, -0.25) is 5.01 Å². The second-order valence-corrected chi connectivity index (χ2v) is 5.61. The number of hydrogen-bond acceptors (Lipinski definition) is 9. The molecule has 0 saturated carbocycles. The summed E-state index contributed by atoms with van der Waals surface area (Å²) in [5.74, 6) is 0.657. The lowest BCUT2D eigenvalue weighted by Gasteiger charge is -2.19. The summed E-state index contributed by atoms with van der Waals surface area (Å²) in [5.41, 5.74) is 13.5. The molecule has 0 bridgehead atoms. The van der Waals surface area contributed by atoms with E-state index >= 15 is 0 Å². The van der Waals surface area contributed by atoms with E-state index in [1.807, 2.05) is 42.7 Å².